The molecule has 0 spiro atoms. The maximum Gasteiger partial charge on any atom is 0.222 e. The van der Waals surface area contributed by atoms with Gasteiger partial charge in [0.25, 0.3) is 0 Å². The summed E-state index contributed by atoms with van der Waals surface area (Å²) in [4.78, 5) is 9.11. The standard InChI is InChI=1S/C11H15FN6/c1-7(2)18-9(4-5-15-18)17(3)10-8(12)6-14-11(13)16-10/h4-7H,1-3H3,(H2,13,14,16). The largest absolute Gasteiger partial charge is 0.368 e. The van der Waals surface area contributed by atoms with Gasteiger partial charge in [0.1, 0.15) is 5.82 Å². The summed E-state index contributed by atoms with van der Waals surface area (Å²) >= 11 is 0. The highest BCUT2D eigenvalue weighted by Gasteiger charge is 2.17. The SMILES string of the molecule is CC(C)n1nccc1N(C)c1nc(N)ncc1F. The van der Waals surface area contributed by atoms with Crippen LogP contribution in [0.3, 0.4) is 0 Å². The molecule has 0 bridgehead atoms. The van der Waals surface area contributed by atoms with Gasteiger partial charge in [0, 0.05) is 19.2 Å². The summed E-state index contributed by atoms with van der Waals surface area (Å²) in [6.07, 6.45) is 2.72. The van der Waals surface area contributed by atoms with Crippen LogP contribution < -0.4 is 10.6 Å². The van der Waals surface area contributed by atoms with Crippen LogP contribution in [0, 0.1) is 5.82 Å². The van der Waals surface area contributed by atoms with E-state index in [0.717, 1.165) is 12.0 Å². The average Bonchev–Trinajstić information content (AvgIpc) is 2.80. The van der Waals surface area contributed by atoms with E-state index in [1.807, 2.05) is 13.8 Å². The van der Waals surface area contributed by atoms with Crippen LogP contribution in [0.25, 0.3) is 0 Å². The van der Waals surface area contributed by atoms with E-state index in [9.17, 15) is 4.39 Å². The van der Waals surface area contributed by atoms with Crippen molar-refractivity contribution in [2.24, 2.45) is 0 Å². The number of nitrogens with zero attached hydrogens (tertiary/aromatic N) is 5. The Balaban J connectivity index is 2.44. The Morgan fingerprint density at radius 3 is 2.83 bits per heavy atom. The Hall–Kier alpha value is -2.18. The van der Waals surface area contributed by atoms with Crippen molar-refractivity contribution in [1.82, 2.24) is 19.7 Å². The lowest BCUT2D eigenvalue weighted by molar-refractivity contribution is 0.532. The molecule has 18 heavy (non-hydrogen) atoms. The van der Waals surface area contributed by atoms with Gasteiger partial charge in [-0.3, -0.25) is 0 Å². The van der Waals surface area contributed by atoms with Crippen LogP contribution in [0.4, 0.5) is 22.0 Å². The van der Waals surface area contributed by atoms with E-state index >= 15 is 0 Å². The molecule has 0 aliphatic rings. The smallest absolute Gasteiger partial charge is 0.222 e. The zero-order valence-electron chi connectivity index (χ0n) is 10.5. The second-order valence-electron chi connectivity index (χ2n) is 4.19. The fourth-order valence-corrected chi connectivity index (χ4v) is 1.69. The van der Waals surface area contributed by atoms with Gasteiger partial charge in [-0.1, -0.05) is 0 Å². The molecule has 6 nitrogen and oxygen atoms in total. The minimum atomic E-state index is -0.525. The van der Waals surface area contributed by atoms with Crippen LogP contribution >= 0.6 is 0 Å². The quantitative estimate of drug-likeness (QED) is 0.898. The number of nitrogen functional groups attached to an aromatic ring is 1. The van der Waals surface area contributed by atoms with Gasteiger partial charge in [0.15, 0.2) is 11.6 Å². The molecular weight excluding hydrogens is 235 g/mol. The van der Waals surface area contributed by atoms with Crippen LogP contribution in [0.2, 0.25) is 0 Å². The van der Waals surface area contributed by atoms with Crippen LogP contribution in [-0.2, 0) is 0 Å². The van der Waals surface area contributed by atoms with Gasteiger partial charge in [-0.05, 0) is 13.8 Å². The molecule has 2 aromatic heterocycles. The summed E-state index contributed by atoms with van der Waals surface area (Å²) in [7, 11) is 1.71. The molecule has 0 aliphatic heterocycles. The fraction of sp³-hybridized carbons (Fsp3) is 0.364. The Bertz CT molecular complexity index is 550. The first-order chi connectivity index (χ1) is 8.50. The summed E-state index contributed by atoms with van der Waals surface area (Å²) in [5.41, 5.74) is 5.48. The number of hydrogen-bond acceptors (Lipinski definition) is 5. The van der Waals surface area contributed by atoms with Crippen molar-refractivity contribution < 1.29 is 4.39 Å². The number of aromatic nitrogens is 4. The maximum atomic E-state index is 13.7. The number of nitrogens with two attached hydrogens (primary N) is 1. The van der Waals surface area contributed by atoms with Gasteiger partial charge in [-0.25, -0.2) is 14.1 Å². The lowest BCUT2D eigenvalue weighted by Crippen LogP contribution is -2.19. The Morgan fingerprint density at radius 2 is 2.17 bits per heavy atom. The molecule has 2 N–H and O–H groups in total. The van der Waals surface area contributed by atoms with Gasteiger partial charge in [0.2, 0.25) is 5.95 Å². The highest BCUT2D eigenvalue weighted by atomic mass is 19.1. The Labute approximate surface area is 104 Å². The molecule has 0 atom stereocenters. The number of hydrogen-bond donors (Lipinski definition) is 1. The normalized spacial score (nSPS) is 10.9. The monoisotopic (exact) mass is 250 g/mol. The zero-order valence-corrected chi connectivity index (χ0v) is 10.5. The lowest BCUT2D eigenvalue weighted by atomic mass is 10.4. The highest BCUT2D eigenvalue weighted by molar-refractivity contribution is 5.56. The van der Waals surface area contributed by atoms with Crippen molar-refractivity contribution in [3.63, 3.8) is 0 Å². The van der Waals surface area contributed by atoms with E-state index in [4.69, 9.17) is 5.73 Å². The Kier molecular flexibility index (Phi) is 3.14. The molecule has 2 aromatic rings. The van der Waals surface area contributed by atoms with Gasteiger partial charge in [-0.2, -0.15) is 10.1 Å². The van der Waals surface area contributed by atoms with Gasteiger partial charge in [0.05, 0.1) is 12.4 Å². The molecule has 0 fully saturated rings. The minimum Gasteiger partial charge on any atom is -0.368 e. The van der Waals surface area contributed by atoms with Crippen LogP contribution in [-0.4, -0.2) is 26.8 Å². The number of rotatable bonds is 3. The molecule has 0 unspecified atom stereocenters. The van der Waals surface area contributed by atoms with Crippen molar-refractivity contribution in [3.05, 3.63) is 24.3 Å². The zero-order chi connectivity index (χ0) is 13.3. The third kappa shape index (κ3) is 2.11. The summed E-state index contributed by atoms with van der Waals surface area (Å²) in [6, 6.07) is 1.96. The molecule has 0 amide bonds. The van der Waals surface area contributed by atoms with Gasteiger partial charge >= 0.3 is 0 Å². The predicted octanol–water partition coefficient (Wildman–Crippen LogP) is 1.74. The minimum absolute atomic E-state index is 0.0360. The second-order valence-corrected chi connectivity index (χ2v) is 4.19. The van der Waals surface area contributed by atoms with E-state index < -0.39 is 5.82 Å². The summed E-state index contributed by atoms with van der Waals surface area (Å²) in [6.45, 7) is 3.99. The maximum absolute atomic E-state index is 13.7. The molecular formula is C11H15FN6. The summed E-state index contributed by atoms with van der Waals surface area (Å²) < 4.78 is 15.5. The first kappa shape index (κ1) is 12.3. The fourth-order valence-electron chi connectivity index (χ4n) is 1.69. The molecule has 7 heteroatoms. The second kappa shape index (κ2) is 4.59. The number of halogens is 1. The first-order valence-electron chi connectivity index (χ1n) is 5.56. The summed E-state index contributed by atoms with van der Waals surface area (Å²) in [5.74, 6) is 0.379. The average molecular weight is 250 g/mol. The van der Waals surface area contributed by atoms with Crippen LogP contribution in [0.1, 0.15) is 19.9 Å². The molecule has 0 saturated carbocycles. The molecule has 0 saturated heterocycles. The third-order valence-corrected chi connectivity index (χ3v) is 2.54. The van der Waals surface area contributed by atoms with Crippen molar-refractivity contribution in [3.8, 4) is 0 Å². The lowest BCUT2D eigenvalue weighted by Gasteiger charge is -2.21. The topological polar surface area (TPSA) is 72.9 Å². The van der Waals surface area contributed by atoms with E-state index in [-0.39, 0.29) is 17.8 Å². The molecule has 0 aromatic carbocycles. The van der Waals surface area contributed by atoms with Crippen molar-refractivity contribution in [1.29, 1.82) is 0 Å². The highest BCUT2D eigenvalue weighted by Crippen LogP contribution is 2.25. The number of anilines is 3. The first-order valence-corrected chi connectivity index (χ1v) is 5.56. The molecule has 96 valence electrons. The molecule has 2 rings (SSSR count). The molecule has 0 aliphatic carbocycles. The predicted molar refractivity (Wildman–Crippen MR) is 67.1 cm³/mol. The van der Waals surface area contributed by atoms with Crippen molar-refractivity contribution in [2.75, 3.05) is 17.7 Å². The molecule has 0 radical (unpaired) electrons. The third-order valence-electron chi connectivity index (χ3n) is 2.54. The van der Waals surface area contributed by atoms with Crippen LogP contribution in [0.5, 0.6) is 0 Å². The van der Waals surface area contributed by atoms with E-state index in [0.29, 0.717) is 0 Å². The Morgan fingerprint density at radius 1 is 1.44 bits per heavy atom. The van der Waals surface area contributed by atoms with Crippen LogP contribution in [0.15, 0.2) is 18.5 Å². The van der Waals surface area contributed by atoms with Crippen molar-refractivity contribution in [2.45, 2.75) is 19.9 Å². The van der Waals surface area contributed by atoms with E-state index in [2.05, 4.69) is 15.1 Å². The van der Waals surface area contributed by atoms with Gasteiger partial charge < -0.3 is 10.6 Å². The van der Waals surface area contributed by atoms with Crippen molar-refractivity contribution >= 4 is 17.6 Å². The van der Waals surface area contributed by atoms with E-state index in [1.165, 1.54) is 0 Å². The molecule has 2 heterocycles. The van der Waals surface area contributed by atoms with Gasteiger partial charge in [-0.15, -0.1) is 0 Å². The summed E-state index contributed by atoms with van der Waals surface area (Å²) in [5, 5.41) is 4.19. The van der Waals surface area contributed by atoms with E-state index in [1.54, 1.807) is 28.9 Å².